The number of imidazole rings is 1. The fraction of sp³-hybridized carbons (Fsp3) is 0.923. The maximum absolute atomic E-state index is 2.62. The van der Waals surface area contributed by atoms with Gasteiger partial charge in [0.15, 0.2) is 0 Å². The van der Waals surface area contributed by atoms with Crippen molar-refractivity contribution < 1.29 is 4.57 Å². The molecule has 1 heterocycles. The molecule has 0 unspecified atom stereocenters. The molecule has 0 bridgehead atoms. The summed E-state index contributed by atoms with van der Waals surface area (Å²) in [5.74, 6) is 1.61. The molecule has 242 valence electrons. The van der Waals surface area contributed by atoms with E-state index < -0.39 is 0 Å². The summed E-state index contributed by atoms with van der Waals surface area (Å²) in [6, 6.07) is 0. The van der Waals surface area contributed by atoms with E-state index in [0.29, 0.717) is 0 Å². The van der Waals surface area contributed by atoms with Crippen molar-refractivity contribution >= 4 is 0 Å². The van der Waals surface area contributed by atoms with Gasteiger partial charge in [-0.15, -0.1) is 0 Å². The van der Waals surface area contributed by atoms with E-state index in [1.54, 1.807) is 5.82 Å². The second-order valence-electron chi connectivity index (χ2n) is 13.4. The summed E-state index contributed by atoms with van der Waals surface area (Å²) in [6.45, 7) is 9.40. The molecule has 41 heavy (non-hydrogen) atoms. The molecule has 0 aliphatic carbocycles. The van der Waals surface area contributed by atoms with Crippen molar-refractivity contribution in [1.82, 2.24) is 4.57 Å². The Morgan fingerprint density at radius 3 is 1.17 bits per heavy atom. The van der Waals surface area contributed by atoms with Gasteiger partial charge in [0.05, 0.1) is 13.1 Å². The van der Waals surface area contributed by atoms with E-state index in [0.717, 1.165) is 0 Å². The van der Waals surface area contributed by atoms with E-state index in [9.17, 15) is 0 Å². The molecule has 0 aliphatic rings. The van der Waals surface area contributed by atoms with Crippen LogP contribution in [0, 0.1) is 0 Å². The highest BCUT2D eigenvalue weighted by atomic mass is 15.1. The maximum atomic E-state index is 2.62. The molecule has 0 spiro atoms. The van der Waals surface area contributed by atoms with Crippen LogP contribution in [0.4, 0.5) is 0 Å². The molecule has 2 nitrogen and oxygen atoms in total. The second-order valence-corrected chi connectivity index (χ2v) is 13.4. The first kappa shape index (κ1) is 38.2. The minimum Gasteiger partial charge on any atom is -0.234 e. The Bertz CT molecular complexity index is 634. The minimum atomic E-state index is 1.23. The average Bonchev–Trinajstić information content (AvgIpc) is 3.37. The fourth-order valence-corrected chi connectivity index (χ4v) is 6.50. The van der Waals surface area contributed by atoms with Gasteiger partial charge in [-0.05, 0) is 32.1 Å². The third-order valence-electron chi connectivity index (χ3n) is 9.35. The number of rotatable bonds is 33. The molecule has 0 aromatic carbocycles. The smallest absolute Gasteiger partial charge is 0.234 e. The Morgan fingerprint density at radius 1 is 0.415 bits per heavy atom. The lowest BCUT2D eigenvalue weighted by molar-refractivity contribution is -0.704. The number of unbranched alkanes of at least 4 members (excludes halogenated alkanes) is 27. The van der Waals surface area contributed by atoms with Crippen molar-refractivity contribution in [3.05, 3.63) is 18.2 Å². The van der Waals surface area contributed by atoms with Crippen molar-refractivity contribution in [1.29, 1.82) is 0 Å². The van der Waals surface area contributed by atoms with Gasteiger partial charge in [0, 0.05) is 6.42 Å². The zero-order valence-electron chi connectivity index (χ0n) is 28.9. The molecule has 0 aliphatic heterocycles. The molecule has 1 aromatic rings. The standard InChI is InChI=1S/C39H77N2/c1-4-7-10-13-16-17-18-19-20-21-22-23-24-25-27-30-33-36-41-38-37-40(35-32-29-15-12-9-6-3)39(41)34-31-28-26-14-11-8-5-2/h37-38H,4-36H2,1-3H3/q+1. The monoisotopic (exact) mass is 574 g/mol. The summed E-state index contributed by atoms with van der Waals surface area (Å²) < 4.78 is 5.24. The van der Waals surface area contributed by atoms with Crippen LogP contribution in [0.5, 0.6) is 0 Å². The molecule has 0 amide bonds. The SMILES string of the molecule is CCCCCCCCCCCCCCCCCCC[n+]1ccn(CCCCCCCC)c1CCCCCCCCC. The Morgan fingerprint density at radius 2 is 0.756 bits per heavy atom. The van der Waals surface area contributed by atoms with Crippen LogP contribution in [0.3, 0.4) is 0 Å². The maximum Gasteiger partial charge on any atom is 0.256 e. The molecule has 2 heteroatoms. The Labute approximate surface area is 259 Å². The molecular weight excluding hydrogens is 496 g/mol. The molecule has 0 saturated carbocycles. The van der Waals surface area contributed by atoms with Gasteiger partial charge >= 0.3 is 0 Å². The number of aromatic nitrogens is 2. The van der Waals surface area contributed by atoms with Gasteiger partial charge in [-0.1, -0.05) is 181 Å². The first-order valence-electron chi connectivity index (χ1n) is 19.4. The van der Waals surface area contributed by atoms with Crippen LogP contribution < -0.4 is 4.57 Å². The van der Waals surface area contributed by atoms with Gasteiger partial charge in [-0.25, -0.2) is 9.13 Å². The highest BCUT2D eigenvalue weighted by Crippen LogP contribution is 2.15. The quantitative estimate of drug-likeness (QED) is 0.0584. The topological polar surface area (TPSA) is 8.81 Å². The molecule has 0 fully saturated rings. The molecule has 0 atom stereocenters. The van der Waals surface area contributed by atoms with Crippen LogP contribution in [-0.4, -0.2) is 4.57 Å². The Balaban J connectivity index is 2.16. The zero-order chi connectivity index (χ0) is 29.5. The van der Waals surface area contributed by atoms with Crippen molar-refractivity contribution in [2.24, 2.45) is 0 Å². The summed E-state index contributed by atoms with van der Waals surface area (Å²) in [5, 5.41) is 0. The van der Waals surface area contributed by atoms with E-state index in [4.69, 9.17) is 0 Å². The normalized spacial score (nSPS) is 11.6. The summed E-state index contributed by atoms with van der Waals surface area (Å²) in [7, 11) is 0. The van der Waals surface area contributed by atoms with Crippen LogP contribution in [0.1, 0.15) is 219 Å². The number of hydrogen-bond acceptors (Lipinski definition) is 0. The summed E-state index contributed by atoms with van der Waals surface area (Å²) in [6.07, 6.45) is 48.9. The molecular formula is C39H77N2+. The highest BCUT2D eigenvalue weighted by Gasteiger charge is 2.16. The molecule has 0 saturated heterocycles. The van der Waals surface area contributed by atoms with E-state index in [1.807, 2.05) is 0 Å². The molecule has 1 aromatic heterocycles. The molecule has 1 rings (SSSR count). The highest BCUT2D eigenvalue weighted by molar-refractivity contribution is 4.84. The lowest BCUT2D eigenvalue weighted by atomic mass is 10.0. The predicted molar refractivity (Wildman–Crippen MR) is 184 cm³/mol. The van der Waals surface area contributed by atoms with Crippen LogP contribution in [0.25, 0.3) is 0 Å². The van der Waals surface area contributed by atoms with Crippen molar-refractivity contribution in [2.45, 2.75) is 233 Å². The minimum absolute atomic E-state index is 1.23. The molecule has 0 radical (unpaired) electrons. The predicted octanol–water partition coefficient (Wildman–Crippen LogP) is 13.1. The third kappa shape index (κ3) is 23.4. The van der Waals surface area contributed by atoms with Gasteiger partial charge < -0.3 is 0 Å². The van der Waals surface area contributed by atoms with Crippen molar-refractivity contribution in [2.75, 3.05) is 0 Å². The lowest BCUT2D eigenvalue weighted by Gasteiger charge is -2.07. The largest absolute Gasteiger partial charge is 0.256 e. The second kappa shape index (κ2) is 30.7. The van der Waals surface area contributed by atoms with Gasteiger partial charge in [0.1, 0.15) is 12.4 Å². The summed E-state index contributed by atoms with van der Waals surface area (Å²) in [4.78, 5) is 0. The van der Waals surface area contributed by atoms with Crippen LogP contribution >= 0.6 is 0 Å². The first-order valence-corrected chi connectivity index (χ1v) is 19.4. The third-order valence-corrected chi connectivity index (χ3v) is 9.35. The Kier molecular flexibility index (Phi) is 28.6. The number of nitrogens with zero attached hydrogens (tertiary/aromatic N) is 2. The first-order chi connectivity index (χ1) is 20.3. The van der Waals surface area contributed by atoms with Crippen LogP contribution in [0.2, 0.25) is 0 Å². The van der Waals surface area contributed by atoms with Crippen LogP contribution in [0.15, 0.2) is 12.4 Å². The van der Waals surface area contributed by atoms with Crippen LogP contribution in [-0.2, 0) is 19.5 Å². The van der Waals surface area contributed by atoms with Crippen molar-refractivity contribution in [3.8, 4) is 0 Å². The van der Waals surface area contributed by atoms with E-state index >= 15 is 0 Å². The average molecular weight is 574 g/mol. The number of aryl methyl sites for hydroxylation is 2. The van der Waals surface area contributed by atoms with Gasteiger partial charge in [-0.2, -0.15) is 0 Å². The van der Waals surface area contributed by atoms with Crippen molar-refractivity contribution in [3.63, 3.8) is 0 Å². The zero-order valence-corrected chi connectivity index (χ0v) is 28.9. The van der Waals surface area contributed by atoms with Gasteiger partial charge in [0.25, 0.3) is 5.82 Å². The summed E-state index contributed by atoms with van der Waals surface area (Å²) in [5.41, 5.74) is 0. The fourth-order valence-electron chi connectivity index (χ4n) is 6.50. The van der Waals surface area contributed by atoms with Gasteiger partial charge in [-0.3, -0.25) is 0 Å². The van der Waals surface area contributed by atoms with E-state index in [-0.39, 0.29) is 0 Å². The summed E-state index contributed by atoms with van der Waals surface area (Å²) >= 11 is 0. The Hall–Kier alpha value is -0.790. The number of hydrogen-bond donors (Lipinski definition) is 0. The van der Waals surface area contributed by atoms with Gasteiger partial charge in [0.2, 0.25) is 0 Å². The lowest BCUT2D eigenvalue weighted by Crippen LogP contribution is -2.37. The van der Waals surface area contributed by atoms with E-state index in [2.05, 4.69) is 42.3 Å². The molecule has 0 N–H and O–H groups in total. The van der Waals surface area contributed by atoms with E-state index in [1.165, 1.54) is 212 Å².